The molecule has 1 radical (unpaired) electrons. The van der Waals surface area contributed by atoms with Crippen molar-refractivity contribution < 1.29 is 0 Å². The molecule has 2 rings (SSSR count). The molecule has 2 unspecified atom stereocenters. The molecule has 0 aromatic rings. The molecule has 0 heteroatoms. The minimum absolute atomic E-state index is 0.529. The van der Waals surface area contributed by atoms with Crippen molar-refractivity contribution in [3.8, 4) is 0 Å². The van der Waals surface area contributed by atoms with Crippen molar-refractivity contribution in [3.05, 3.63) is 6.92 Å². The van der Waals surface area contributed by atoms with E-state index in [2.05, 4.69) is 6.92 Å². The van der Waals surface area contributed by atoms with Crippen molar-refractivity contribution in [1.29, 1.82) is 0 Å². The molecule has 0 aromatic carbocycles. The average molecular weight is 137 g/mol. The number of hydrogen-bond donors (Lipinski definition) is 0. The van der Waals surface area contributed by atoms with E-state index < -0.39 is 0 Å². The number of rotatable bonds is 0. The summed E-state index contributed by atoms with van der Waals surface area (Å²) in [5.74, 6) is 1.06. The normalized spacial score (nSPS) is 47.1. The first-order chi connectivity index (χ1) is 4.79. The van der Waals surface area contributed by atoms with Crippen LogP contribution in [0.15, 0.2) is 0 Å². The fourth-order valence-corrected chi connectivity index (χ4v) is 2.73. The van der Waals surface area contributed by atoms with Crippen LogP contribution in [0.25, 0.3) is 0 Å². The topological polar surface area (TPSA) is 0 Å². The molecule has 10 heavy (non-hydrogen) atoms. The Morgan fingerprint density at radius 2 is 2.00 bits per heavy atom. The molecule has 57 valence electrons. The molecule has 0 N–H and O–H groups in total. The van der Waals surface area contributed by atoms with Crippen molar-refractivity contribution in [2.75, 3.05) is 0 Å². The maximum absolute atomic E-state index is 4.35. The molecule has 2 bridgehead atoms. The Kier molecular flexibility index (Phi) is 1.51. The SMILES string of the molecule is [CH2]C12CCCCC(CC1)C2. The van der Waals surface area contributed by atoms with Crippen LogP contribution in [0.4, 0.5) is 0 Å². The highest BCUT2D eigenvalue weighted by molar-refractivity contribution is 4.92. The maximum atomic E-state index is 4.35. The van der Waals surface area contributed by atoms with E-state index in [0.29, 0.717) is 5.41 Å². The molecule has 0 heterocycles. The van der Waals surface area contributed by atoms with E-state index in [4.69, 9.17) is 0 Å². The molecule has 2 aliphatic carbocycles. The van der Waals surface area contributed by atoms with E-state index in [1.165, 1.54) is 44.9 Å². The number of hydrogen-bond acceptors (Lipinski definition) is 0. The van der Waals surface area contributed by atoms with Crippen LogP contribution in [-0.2, 0) is 0 Å². The zero-order valence-electron chi connectivity index (χ0n) is 6.73. The van der Waals surface area contributed by atoms with Crippen molar-refractivity contribution in [3.63, 3.8) is 0 Å². The van der Waals surface area contributed by atoms with Gasteiger partial charge in [-0.25, -0.2) is 0 Å². The predicted molar refractivity (Wildman–Crippen MR) is 43.6 cm³/mol. The molecule has 0 aromatic heterocycles. The van der Waals surface area contributed by atoms with Crippen LogP contribution in [0.5, 0.6) is 0 Å². The lowest BCUT2D eigenvalue weighted by molar-refractivity contribution is 0.353. The first-order valence-electron chi connectivity index (χ1n) is 4.64. The van der Waals surface area contributed by atoms with Crippen molar-refractivity contribution in [2.45, 2.75) is 44.9 Å². The van der Waals surface area contributed by atoms with Crippen LogP contribution < -0.4 is 0 Å². The van der Waals surface area contributed by atoms with E-state index in [-0.39, 0.29) is 0 Å². The summed E-state index contributed by atoms with van der Waals surface area (Å²) in [6.45, 7) is 4.35. The van der Waals surface area contributed by atoms with Gasteiger partial charge in [-0.1, -0.05) is 19.3 Å². The van der Waals surface area contributed by atoms with Gasteiger partial charge in [-0.15, -0.1) is 0 Å². The highest BCUT2D eigenvalue weighted by atomic mass is 14.4. The van der Waals surface area contributed by atoms with Gasteiger partial charge in [-0.2, -0.15) is 0 Å². The second kappa shape index (κ2) is 2.25. The van der Waals surface area contributed by atoms with Gasteiger partial charge in [0.05, 0.1) is 0 Å². The zero-order chi connectivity index (χ0) is 7.03. The van der Waals surface area contributed by atoms with E-state index in [1.54, 1.807) is 0 Å². The van der Waals surface area contributed by atoms with Crippen LogP contribution in [0.2, 0.25) is 0 Å². The minimum atomic E-state index is 0.529. The lowest BCUT2D eigenvalue weighted by Gasteiger charge is -2.21. The summed E-state index contributed by atoms with van der Waals surface area (Å²) in [4.78, 5) is 0. The third-order valence-corrected chi connectivity index (χ3v) is 3.37. The molecule has 0 aliphatic heterocycles. The van der Waals surface area contributed by atoms with Crippen LogP contribution in [0.1, 0.15) is 44.9 Å². The molecule has 0 amide bonds. The van der Waals surface area contributed by atoms with E-state index in [9.17, 15) is 0 Å². The smallest absolute Gasteiger partial charge is 0.0295 e. The van der Waals surface area contributed by atoms with Crippen LogP contribution in [0.3, 0.4) is 0 Å². The van der Waals surface area contributed by atoms with E-state index >= 15 is 0 Å². The van der Waals surface area contributed by atoms with Crippen molar-refractivity contribution in [1.82, 2.24) is 0 Å². The quantitative estimate of drug-likeness (QED) is 0.481. The lowest BCUT2D eigenvalue weighted by atomic mass is 9.84. The summed E-state index contributed by atoms with van der Waals surface area (Å²) >= 11 is 0. The first-order valence-corrected chi connectivity index (χ1v) is 4.64. The summed E-state index contributed by atoms with van der Waals surface area (Å²) in [7, 11) is 0. The molecule has 0 nitrogen and oxygen atoms in total. The Morgan fingerprint density at radius 3 is 2.90 bits per heavy atom. The van der Waals surface area contributed by atoms with E-state index in [0.717, 1.165) is 5.92 Å². The molecule has 2 fully saturated rings. The average Bonchev–Trinajstić information content (AvgIpc) is 2.11. The Bertz CT molecular complexity index is 126. The van der Waals surface area contributed by atoms with Gasteiger partial charge in [0.2, 0.25) is 0 Å². The summed E-state index contributed by atoms with van der Waals surface area (Å²) in [6.07, 6.45) is 10.1. The van der Waals surface area contributed by atoms with Gasteiger partial charge in [-0.3, -0.25) is 0 Å². The predicted octanol–water partition coefficient (Wildman–Crippen LogP) is 3.18. The van der Waals surface area contributed by atoms with Gasteiger partial charge < -0.3 is 0 Å². The Hall–Kier alpha value is 0. The maximum Gasteiger partial charge on any atom is -0.0295 e. The Morgan fingerprint density at radius 1 is 1.10 bits per heavy atom. The first kappa shape index (κ1) is 6.69. The van der Waals surface area contributed by atoms with Gasteiger partial charge in [0.15, 0.2) is 0 Å². The molecule has 0 saturated heterocycles. The standard InChI is InChI=1S/C10H17/c1-10-6-3-2-4-9(8-10)5-7-10/h9H,1-8H2. The third-order valence-electron chi connectivity index (χ3n) is 3.37. The second-order valence-electron chi connectivity index (χ2n) is 4.35. The summed E-state index contributed by atoms with van der Waals surface area (Å²) < 4.78 is 0. The molecule has 2 aliphatic rings. The fourth-order valence-electron chi connectivity index (χ4n) is 2.73. The monoisotopic (exact) mass is 137 g/mol. The fraction of sp³-hybridized carbons (Fsp3) is 0.900. The van der Waals surface area contributed by atoms with Gasteiger partial charge in [-0.05, 0) is 43.9 Å². The Balaban J connectivity index is 2.09. The largest absolute Gasteiger partial charge is 0.0530 e. The molecular weight excluding hydrogens is 120 g/mol. The molecule has 2 saturated carbocycles. The molecule has 2 atom stereocenters. The zero-order valence-corrected chi connectivity index (χ0v) is 6.73. The highest BCUT2D eigenvalue weighted by Crippen LogP contribution is 2.48. The van der Waals surface area contributed by atoms with Gasteiger partial charge in [0.1, 0.15) is 0 Å². The molecule has 0 spiro atoms. The molecular formula is C10H17. The summed E-state index contributed by atoms with van der Waals surface area (Å²) in [5, 5.41) is 0. The summed E-state index contributed by atoms with van der Waals surface area (Å²) in [5.41, 5.74) is 0.529. The second-order valence-corrected chi connectivity index (χ2v) is 4.35. The van der Waals surface area contributed by atoms with Gasteiger partial charge >= 0.3 is 0 Å². The van der Waals surface area contributed by atoms with Gasteiger partial charge in [0, 0.05) is 0 Å². The summed E-state index contributed by atoms with van der Waals surface area (Å²) in [6, 6.07) is 0. The van der Waals surface area contributed by atoms with E-state index in [1.807, 2.05) is 0 Å². The van der Waals surface area contributed by atoms with Crippen molar-refractivity contribution in [2.24, 2.45) is 11.3 Å². The lowest BCUT2D eigenvalue weighted by Crippen LogP contribution is -2.09. The number of fused-ring (bicyclic) bond motifs is 2. The Labute approximate surface area is 64.0 Å². The minimum Gasteiger partial charge on any atom is -0.0530 e. The van der Waals surface area contributed by atoms with Crippen LogP contribution >= 0.6 is 0 Å². The van der Waals surface area contributed by atoms with Gasteiger partial charge in [0.25, 0.3) is 0 Å². The third kappa shape index (κ3) is 1.09. The van der Waals surface area contributed by atoms with Crippen molar-refractivity contribution >= 4 is 0 Å². The van der Waals surface area contributed by atoms with Crippen LogP contribution in [-0.4, -0.2) is 0 Å². The highest BCUT2D eigenvalue weighted by Gasteiger charge is 2.36. The van der Waals surface area contributed by atoms with Crippen LogP contribution in [0, 0.1) is 18.3 Å².